The van der Waals surface area contributed by atoms with E-state index in [0.29, 0.717) is 6.04 Å². The highest BCUT2D eigenvalue weighted by atomic mass is 16.6. The first kappa shape index (κ1) is 16.9. The minimum absolute atomic E-state index is 0.163. The Balaban J connectivity index is 1.82. The van der Waals surface area contributed by atoms with Gasteiger partial charge in [-0.1, -0.05) is 12.1 Å². The second kappa shape index (κ2) is 8.22. The first-order valence-corrected chi connectivity index (χ1v) is 7.87. The summed E-state index contributed by atoms with van der Waals surface area (Å²) in [6.07, 6.45) is 3.04. The van der Waals surface area contributed by atoms with Crippen LogP contribution in [0, 0.1) is 10.1 Å². The maximum Gasteiger partial charge on any atom is 0.269 e. The Morgan fingerprint density at radius 1 is 1.41 bits per heavy atom. The molecule has 1 aromatic carbocycles. The van der Waals surface area contributed by atoms with Crippen LogP contribution in [0.2, 0.25) is 0 Å². The number of nitro benzene ring substituents is 1. The largest absolute Gasteiger partial charge is 0.396 e. The SMILES string of the molecule is CN(CCCO)C1CCN(Cc2cccc([N+](=O)[O-])c2)CC1. The number of likely N-dealkylation sites (tertiary alicyclic amines) is 1. The van der Waals surface area contributed by atoms with Gasteiger partial charge in [-0.25, -0.2) is 0 Å². The molecule has 22 heavy (non-hydrogen) atoms. The summed E-state index contributed by atoms with van der Waals surface area (Å²) in [6, 6.07) is 7.48. The molecule has 1 heterocycles. The van der Waals surface area contributed by atoms with Gasteiger partial charge in [0, 0.05) is 37.9 Å². The number of rotatable bonds is 7. The molecular formula is C16H25N3O3. The summed E-state index contributed by atoms with van der Waals surface area (Å²) in [6.45, 7) is 3.98. The summed E-state index contributed by atoms with van der Waals surface area (Å²) in [5.74, 6) is 0. The number of non-ortho nitro benzene ring substituents is 1. The molecular weight excluding hydrogens is 282 g/mol. The zero-order valence-electron chi connectivity index (χ0n) is 13.1. The van der Waals surface area contributed by atoms with E-state index in [4.69, 9.17) is 5.11 Å². The molecule has 1 saturated heterocycles. The van der Waals surface area contributed by atoms with Gasteiger partial charge >= 0.3 is 0 Å². The number of hydrogen-bond donors (Lipinski definition) is 1. The van der Waals surface area contributed by atoms with Gasteiger partial charge in [0.2, 0.25) is 0 Å². The third kappa shape index (κ3) is 4.76. The van der Waals surface area contributed by atoms with E-state index in [1.54, 1.807) is 12.1 Å². The molecule has 1 N–H and O–H groups in total. The van der Waals surface area contributed by atoms with E-state index in [9.17, 15) is 10.1 Å². The Morgan fingerprint density at radius 3 is 2.77 bits per heavy atom. The van der Waals surface area contributed by atoms with Crippen LogP contribution in [-0.2, 0) is 6.54 Å². The van der Waals surface area contributed by atoms with Crippen LogP contribution >= 0.6 is 0 Å². The highest BCUT2D eigenvalue weighted by molar-refractivity contribution is 5.34. The van der Waals surface area contributed by atoms with Crippen molar-refractivity contribution >= 4 is 5.69 Å². The van der Waals surface area contributed by atoms with E-state index < -0.39 is 0 Å². The summed E-state index contributed by atoms with van der Waals surface area (Å²) in [5, 5.41) is 19.7. The van der Waals surface area contributed by atoms with Gasteiger partial charge in [-0.3, -0.25) is 15.0 Å². The Labute approximate surface area is 131 Å². The fourth-order valence-electron chi connectivity index (χ4n) is 3.05. The van der Waals surface area contributed by atoms with E-state index >= 15 is 0 Å². The zero-order valence-corrected chi connectivity index (χ0v) is 13.1. The lowest BCUT2D eigenvalue weighted by atomic mass is 10.0. The Kier molecular flexibility index (Phi) is 6.30. The van der Waals surface area contributed by atoms with Gasteiger partial charge in [-0.2, -0.15) is 0 Å². The highest BCUT2D eigenvalue weighted by Gasteiger charge is 2.22. The van der Waals surface area contributed by atoms with Crippen molar-refractivity contribution < 1.29 is 10.0 Å². The standard InChI is InChI=1S/C16H25N3O3/c1-17(8-3-11-20)15-6-9-18(10-7-15)13-14-4-2-5-16(12-14)19(21)22/h2,4-5,12,15,20H,3,6-11,13H2,1H3. The first-order chi connectivity index (χ1) is 10.6. The smallest absolute Gasteiger partial charge is 0.269 e. The van der Waals surface area contributed by atoms with Gasteiger partial charge in [-0.15, -0.1) is 0 Å². The molecule has 0 aliphatic carbocycles. The number of hydrogen-bond acceptors (Lipinski definition) is 5. The van der Waals surface area contributed by atoms with Crippen molar-refractivity contribution in [1.29, 1.82) is 0 Å². The lowest BCUT2D eigenvalue weighted by molar-refractivity contribution is -0.384. The summed E-state index contributed by atoms with van der Waals surface area (Å²) >= 11 is 0. The van der Waals surface area contributed by atoms with E-state index in [1.165, 1.54) is 6.07 Å². The molecule has 1 aromatic rings. The fourth-order valence-corrected chi connectivity index (χ4v) is 3.05. The molecule has 0 bridgehead atoms. The van der Waals surface area contributed by atoms with Crippen molar-refractivity contribution in [3.8, 4) is 0 Å². The number of aliphatic hydroxyl groups excluding tert-OH is 1. The lowest BCUT2D eigenvalue weighted by Crippen LogP contribution is -2.43. The molecule has 0 saturated carbocycles. The summed E-state index contributed by atoms with van der Waals surface area (Å²) in [5.41, 5.74) is 1.16. The number of nitro groups is 1. The molecule has 0 unspecified atom stereocenters. The molecule has 0 amide bonds. The van der Waals surface area contributed by atoms with Gasteiger partial charge in [0.05, 0.1) is 4.92 Å². The van der Waals surface area contributed by atoms with Gasteiger partial charge in [0.1, 0.15) is 0 Å². The molecule has 6 heteroatoms. The quantitative estimate of drug-likeness (QED) is 0.615. The second-order valence-electron chi connectivity index (χ2n) is 5.99. The van der Waals surface area contributed by atoms with Crippen molar-refractivity contribution in [1.82, 2.24) is 9.80 Å². The predicted octanol–water partition coefficient (Wildman–Crippen LogP) is 1.87. The van der Waals surface area contributed by atoms with Crippen molar-refractivity contribution in [2.75, 3.05) is 33.3 Å². The molecule has 2 rings (SSSR count). The van der Waals surface area contributed by atoms with E-state index in [1.807, 2.05) is 6.07 Å². The van der Waals surface area contributed by atoms with Gasteiger partial charge in [0.15, 0.2) is 0 Å². The summed E-state index contributed by atoms with van der Waals surface area (Å²) < 4.78 is 0. The van der Waals surface area contributed by atoms with E-state index in [2.05, 4.69) is 16.8 Å². The monoisotopic (exact) mass is 307 g/mol. The van der Waals surface area contributed by atoms with Crippen LogP contribution in [0.5, 0.6) is 0 Å². The van der Waals surface area contributed by atoms with Crippen LogP contribution in [-0.4, -0.2) is 59.2 Å². The molecule has 6 nitrogen and oxygen atoms in total. The van der Waals surface area contributed by atoms with Crippen molar-refractivity contribution in [2.45, 2.75) is 31.8 Å². The van der Waals surface area contributed by atoms with Crippen LogP contribution in [0.4, 0.5) is 5.69 Å². The fraction of sp³-hybridized carbons (Fsp3) is 0.625. The molecule has 0 radical (unpaired) electrons. The lowest BCUT2D eigenvalue weighted by Gasteiger charge is -2.36. The molecule has 0 aromatic heterocycles. The maximum absolute atomic E-state index is 10.8. The summed E-state index contributed by atoms with van der Waals surface area (Å²) in [7, 11) is 2.12. The molecule has 1 fully saturated rings. The van der Waals surface area contributed by atoms with Gasteiger partial charge in [-0.05, 0) is 45.0 Å². The summed E-state index contributed by atoms with van der Waals surface area (Å²) in [4.78, 5) is 15.2. The normalized spacial score (nSPS) is 17.0. The van der Waals surface area contributed by atoms with Crippen molar-refractivity contribution in [3.05, 3.63) is 39.9 Å². The van der Waals surface area contributed by atoms with Crippen molar-refractivity contribution in [2.24, 2.45) is 0 Å². The average molecular weight is 307 g/mol. The number of benzene rings is 1. The number of aliphatic hydroxyl groups is 1. The molecule has 1 aliphatic heterocycles. The molecule has 1 aliphatic rings. The molecule has 0 atom stereocenters. The third-order valence-electron chi connectivity index (χ3n) is 4.38. The van der Waals surface area contributed by atoms with Crippen LogP contribution < -0.4 is 0 Å². The third-order valence-corrected chi connectivity index (χ3v) is 4.38. The van der Waals surface area contributed by atoms with Crippen LogP contribution in [0.1, 0.15) is 24.8 Å². The number of nitrogens with zero attached hydrogens (tertiary/aromatic N) is 3. The van der Waals surface area contributed by atoms with Gasteiger partial charge < -0.3 is 10.0 Å². The van der Waals surface area contributed by atoms with Crippen LogP contribution in [0.15, 0.2) is 24.3 Å². The van der Waals surface area contributed by atoms with E-state index in [0.717, 1.165) is 51.0 Å². The Morgan fingerprint density at radius 2 is 2.14 bits per heavy atom. The molecule has 0 spiro atoms. The Bertz CT molecular complexity index is 487. The van der Waals surface area contributed by atoms with Gasteiger partial charge in [0.25, 0.3) is 5.69 Å². The van der Waals surface area contributed by atoms with Crippen molar-refractivity contribution in [3.63, 3.8) is 0 Å². The molecule has 122 valence electrons. The highest BCUT2D eigenvalue weighted by Crippen LogP contribution is 2.19. The maximum atomic E-state index is 10.8. The van der Waals surface area contributed by atoms with E-state index in [-0.39, 0.29) is 17.2 Å². The van der Waals surface area contributed by atoms with Crippen LogP contribution in [0.25, 0.3) is 0 Å². The van der Waals surface area contributed by atoms with Crippen LogP contribution in [0.3, 0.4) is 0 Å². The second-order valence-corrected chi connectivity index (χ2v) is 5.99. The average Bonchev–Trinajstić information content (AvgIpc) is 2.53. The number of piperidine rings is 1. The predicted molar refractivity (Wildman–Crippen MR) is 85.7 cm³/mol. The first-order valence-electron chi connectivity index (χ1n) is 7.87. The Hall–Kier alpha value is -1.50. The topological polar surface area (TPSA) is 69.8 Å². The minimum Gasteiger partial charge on any atom is -0.396 e. The minimum atomic E-state index is -0.341. The zero-order chi connectivity index (χ0) is 15.9.